The first-order chi connectivity index (χ1) is 9.84. The third-order valence-electron chi connectivity index (χ3n) is 5.21. The number of nitrogens with zero attached hydrogens (tertiary/aromatic N) is 1. The van der Waals surface area contributed by atoms with Crippen LogP contribution in [0.2, 0.25) is 0 Å². The number of hydrogen-bond acceptors (Lipinski definition) is 4. The molecule has 110 valence electrons. The Hall–Kier alpha value is -1.33. The van der Waals surface area contributed by atoms with Gasteiger partial charge in [0.2, 0.25) is 0 Å². The van der Waals surface area contributed by atoms with Crippen molar-refractivity contribution in [3.05, 3.63) is 30.2 Å². The van der Waals surface area contributed by atoms with Gasteiger partial charge in [-0.15, -0.1) is 0 Å². The average Bonchev–Trinajstić information content (AvgIpc) is 3.04. The molecular weight excluding hydrogens is 265 g/mol. The molecule has 0 radical (unpaired) electrons. The zero-order valence-corrected chi connectivity index (χ0v) is 13.0. The van der Waals surface area contributed by atoms with Gasteiger partial charge in [0.05, 0.1) is 16.5 Å². The monoisotopic (exact) mass is 285 g/mol. The topological polar surface area (TPSA) is 44.5 Å². The highest BCUT2D eigenvalue weighted by molar-refractivity contribution is 6.50. The molecule has 0 unspecified atom stereocenters. The minimum Gasteiger partial charge on any atom is -0.441 e. The van der Waals surface area contributed by atoms with Gasteiger partial charge in [-0.3, -0.25) is 0 Å². The van der Waals surface area contributed by atoms with Crippen molar-refractivity contribution in [1.82, 2.24) is 4.98 Å². The second-order valence-electron chi connectivity index (χ2n) is 7.23. The fraction of sp³-hybridized carbons (Fsp3) is 0.562. The Bertz CT molecular complexity index is 653. The molecule has 4 nitrogen and oxygen atoms in total. The van der Waals surface area contributed by atoms with Crippen LogP contribution in [0.1, 0.15) is 46.4 Å². The van der Waals surface area contributed by atoms with Crippen LogP contribution in [0.15, 0.2) is 28.7 Å². The molecule has 4 rings (SSSR count). The molecule has 2 aromatic rings. The third kappa shape index (κ3) is 1.80. The van der Waals surface area contributed by atoms with E-state index in [1.54, 1.807) is 0 Å². The lowest BCUT2D eigenvalue weighted by molar-refractivity contribution is 0.00578. The summed E-state index contributed by atoms with van der Waals surface area (Å²) >= 11 is 0. The predicted octanol–water partition coefficient (Wildman–Crippen LogP) is 3.49. The summed E-state index contributed by atoms with van der Waals surface area (Å²) in [6.07, 6.45) is 1.99. The Balaban J connectivity index is 1.72. The average molecular weight is 285 g/mol. The van der Waals surface area contributed by atoms with Crippen LogP contribution >= 0.6 is 0 Å². The van der Waals surface area contributed by atoms with Gasteiger partial charge >= 0.3 is 7.12 Å². The highest BCUT2D eigenvalue weighted by Crippen LogP contribution is 2.55. The van der Waals surface area contributed by atoms with Crippen LogP contribution < -0.4 is 0 Å². The van der Waals surface area contributed by atoms with E-state index in [1.807, 2.05) is 24.3 Å². The van der Waals surface area contributed by atoms with Crippen molar-refractivity contribution < 1.29 is 13.7 Å². The fourth-order valence-electron chi connectivity index (χ4n) is 2.84. The lowest BCUT2D eigenvalue weighted by Gasteiger charge is -2.32. The minimum atomic E-state index is -0.320. The standard InChI is InChI=1S/C16H20BNO3/c1-14(2)15(3,4)21-17(20-14)16(9-10-16)13-18-11-7-5-6-8-12(11)19-13/h5-8H,9-10H2,1-4H3. The normalized spacial score (nSPS) is 25.4. The fourth-order valence-corrected chi connectivity index (χ4v) is 2.84. The molecule has 2 aliphatic rings. The zero-order chi connectivity index (χ0) is 14.9. The summed E-state index contributed by atoms with van der Waals surface area (Å²) < 4.78 is 18.4. The number of rotatable bonds is 2. The van der Waals surface area contributed by atoms with Crippen molar-refractivity contribution in [3.63, 3.8) is 0 Å². The molecule has 0 bridgehead atoms. The molecule has 1 saturated heterocycles. The number of aromatic nitrogens is 1. The highest BCUT2D eigenvalue weighted by atomic mass is 16.7. The molecule has 0 atom stereocenters. The van der Waals surface area contributed by atoms with Crippen LogP contribution in [0.5, 0.6) is 0 Å². The van der Waals surface area contributed by atoms with E-state index in [-0.39, 0.29) is 23.6 Å². The van der Waals surface area contributed by atoms with Gasteiger partial charge in [-0.1, -0.05) is 12.1 Å². The minimum absolute atomic E-state index is 0.218. The molecule has 1 aromatic carbocycles. The van der Waals surface area contributed by atoms with Crippen molar-refractivity contribution in [3.8, 4) is 0 Å². The third-order valence-corrected chi connectivity index (χ3v) is 5.21. The molecule has 1 aliphatic heterocycles. The maximum atomic E-state index is 6.22. The van der Waals surface area contributed by atoms with E-state index in [0.29, 0.717) is 0 Å². The Kier molecular flexibility index (Phi) is 2.48. The van der Waals surface area contributed by atoms with E-state index in [0.717, 1.165) is 29.8 Å². The summed E-state index contributed by atoms with van der Waals surface area (Å²) in [5, 5.41) is -0.218. The first-order valence-electron chi connectivity index (χ1n) is 7.56. The molecular formula is C16H20BNO3. The van der Waals surface area contributed by atoms with Crippen LogP contribution in [-0.2, 0) is 14.6 Å². The SMILES string of the molecule is CC1(C)OB(C2(c3nc4ccccc4o3)CC2)OC1(C)C. The molecule has 0 amide bonds. The molecule has 0 N–H and O–H groups in total. The van der Waals surface area contributed by atoms with E-state index in [9.17, 15) is 0 Å². The Morgan fingerprint density at radius 3 is 2.19 bits per heavy atom. The van der Waals surface area contributed by atoms with Crippen LogP contribution in [-0.4, -0.2) is 23.3 Å². The summed E-state index contributed by atoms with van der Waals surface area (Å²) in [5.74, 6) is 0.752. The predicted molar refractivity (Wildman–Crippen MR) is 81.0 cm³/mol. The second-order valence-corrected chi connectivity index (χ2v) is 7.23. The number of para-hydroxylation sites is 2. The van der Waals surface area contributed by atoms with Gasteiger partial charge in [-0.25, -0.2) is 4.98 Å². The molecule has 1 aliphatic carbocycles. The molecule has 2 fully saturated rings. The van der Waals surface area contributed by atoms with Gasteiger partial charge in [0.15, 0.2) is 11.5 Å². The van der Waals surface area contributed by atoms with Crippen LogP contribution in [0.4, 0.5) is 0 Å². The lowest BCUT2D eigenvalue weighted by atomic mass is 9.68. The van der Waals surface area contributed by atoms with Crippen molar-refractivity contribution in [2.45, 2.75) is 57.1 Å². The summed E-state index contributed by atoms with van der Waals surface area (Å²) in [7, 11) is -0.282. The van der Waals surface area contributed by atoms with E-state index in [2.05, 4.69) is 32.7 Å². The summed E-state index contributed by atoms with van der Waals surface area (Å²) in [6.45, 7) is 8.31. The molecule has 1 saturated carbocycles. The highest BCUT2D eigenvalue weighted by Gasteiger charge is 2.67. The van der Waals surface area contributed by atoms with Crippen LogP contribution in [0, 0.1) is 0 Å². The van der Waals surface area contributed by atoms with E-state index in [4.69, 9.17) is 13.7 Å². The lowest BCUT2D eigenvalue weighted by Crippen LogP contribution is -2.41. The van der Waals surface area contributed by atoms with Crippen LogP contribution in [0.3, 0.4) is 0 Å². The van der Waals surface area contributed by atoms with Gasteiger partial charge in [0.1, 0.15) is 5.52 Å². The maximum absolute atomic E-state index is 6.22. The van der Waals surface area contributed by atoms with Gasteiger partial charge in [-0.2, -0.15) is 0 Å². The van der Waals surface area contributed by atoms with Crippen molar-refractivity contribution in [2.24, 2.45) is 0 Å². The van der Waals surface area contributed by atoms with Gasteiger partial charge < -0.3 is 13.7 Å². The van der Waals surface area contributed by atoms with Crippen molar-refractivity contribution in [1.29, 1.82) is 0 Å². The molecule has 21 heavy (non-hydrogen) atoms. The smallest absolute Gasteiger partial charge is 0.441 e. The number of fused-ring (bicyclic) bond motifs is 1. The van der Waals surface area contributed by atoms with Gasteiger partial charge in [0.25, 0.3) is 0 Å². The first-order valence-corrected chi connectivity index (χ1v) is 7.56. The van der Waals surface area contributed by atoms with Gasteiger partial charge in [0, 0.05) is 0 Å². The largest absolute Gasteiger partial charge is 0.474 e. The second kappa shape index (κ2) is 3.90. The Morgan fingerprint density at radius 1 is 1.00 bits per heavy atom. The maximum Gasteiger partial charge on any atom is 0.474 e. The van der Waals surface area contributed by atoms with E-state index in [1.165, 1.54) is 0 Å². The van der Waals surface area contributed by atoms with Gasteiger partial charge in [-0.05, 0) is 52.7 Å². The zero-order valence-electron chi connectivity index (χ0n) is 13.0. The number of hydrogen-bond donors (Lipinski definition) is 0. The quantitative estimate of drug-likeness (QED) is 0.792. The summed E-state index contributed by atoms with van der Waals surface area (Å²) in [6, 6.07) is 7.86. The molecule has 0 spiro atoms. The Morgan fingerprint density at radius 2 is 1.62 bits per heavy atom. The number of benzene rings is 1. The summed E-state index contributed by atoms with van der Waals surface area (Å²) in [4.78, 5) is 4.66. The molecule has 1 aromatic heterocycles. The van der Waals surface area contributed by atoms with Crippen molar-refractivity contribution >= 4 is 18.2 Å². The Labute approximate surface area is 125 Å². The summed E-state index contributed by atoms with van der Waals surface area (Å²) in [5.41, 5.74) is 1.09. The number of oxazole rings is 1. The first kappa shape index (κ1) is 13.3. The molecule has 5 heteroatoms. The van der Waals surface area contributed by atoms with Crippen molar-refractivity contribution in [2.75, 3.05) is 0 Å². The van der Waals surface area contributed by atoms with Crippen LogP contribution in [0.25, 0.3) is 11.1 Å². The molecule has 2 heterocycles. The van der Waals surface area contributed by atoms with E-state index >= 15 is 0 Å². The van der Waals surface area contributed by atoms with E-state index < -0.39 is 0 Å².